The maximum atomic E-state index is 10.8. The van der Waals surface area contributed by atoms with Crippen LogP contribution in [0.2, 0.25) is 0 Å². The van der Waals surface area contributed by atoms with Crippen molar-refractivity contribution >= 4 is 5.78 Å². The summed E-state index contributed by atoms with van der Waals surface area (Å²) in [5.41, 5.74) is 0. The average molecular weight is 150 g/mol. The first-order chi connectivity index (χ1) is 5.29. The van der Waals surface area contributed by atoms with E-state index in [9.17, 15) is 4.79 Å². The maximum Gasteiger partial charge on any atom is 0.130 e. The molecule has 60 valence electrons. The van der Waals surface area contributed by atoms with Gasteiger partial charge in [0.2, 0.25) is 0 Å². The van der Waals surface area contributed by atoms with E-state index in [4.69, 9.17) is 0 Å². The Hall–Kier alpha value is -0.850. The van der Waals surface area contributed by atoms with Gasteiger partial charge in [0.15, 0.2) is 0 Å². The second-order valence-electron chi connectivity index (χ2n) is 3.00. The lowest BCUT2D eigenvalue weighted by Gasteiger charge is -2.01. The van der Waals surface area contributed by atoms with Crippen molar-refractivity contribution in [1.29, 1.82) is 0 Å². The molecular formula is C10H14O. The van der Waals surface area contributed by atoms with Gasteiger partial charge in [-0.15, -0.1) is 0 Å². The van der Waals surface area contributed by atoms with Crippen LogP contribution in [0.25, 0.3) is 0 Å². The van der Waals surface area contributed by atoms with Crippen LogP contribution in [0.3, 0.4) is 0 Å². The fraction of sp³-hybridized carbons (Fsp3) is 0.500. The minimum Gasteiger partial charge on any atom is -0.300 e. The van der Waals surface area contributed by atoms with Crippen molar-refractivity contribution in [3.8, 4) is 0 Å². The molecule has 0 aromatic rings. The summed E-state index contributed by atoms with van der Waals surface area (Å²) in [4.78, 5) is 10.8. The third-order valence-electron chi connectivity index (χ3n) is 1.79. The van der Waals surface area contributed by atoms with Gasteiger partial charge in [-0.05, 0) is 19.8 Å². The van der Waals surface area contributed by atoms with Gasteiger partial charge in [0.1, 0.15) is 5.78 Å². The van der Waals surface area contributed by atoms with Crippen molar-refractivity contribution < 1.29 is 4.79 Å². The highest BCUT2D eigenvalue weighted by Gasteiger charge is 2.04. The van der Waals surface area contributed by atoms with Gasteiger partial charge in [-0.1, -0.05) is 24.3 Å². The largest absolute Gasteiger partial charge is 0.300 e. The van der Waals surface area contributed by atoms with Crippen molar-refractivity contribution in [3.63, 3.8) is 0 Å². The fourth-order valence-corrected chi connectivity index (χ4v) is 1.27. The van der Waals surface area contributed by atoms with E-state index in [1.807, 2.05) is 0 Å². The number of rotatable bonds is 2. The Morgan fingerprint density at radius 1 is 1.36 bits per heavy atom. The average Bonchev–Trinajstić information content (AvgIpc) is 2.14. The van der Waals surface area contributed by atoms with E-state index < -0.39 is 0 Å². The van der Waals surface area contributed by atoms with Crippen molar-refractivity contribution in [3.05, 3.63) is 24.3 Å². The molecule has 0 fully saturated rings. The fourth-order valence-electron chi connectivity index (χ4n) is 1.27. The van der Waals surface area contributed by atoms with Crippen molar-refractivity contribution in [2.45, 2.75) is 26.2 Å². The topological polar surface area (TPSA) is 17.1 Å². The molecule has 0 saturated carbocycles. The molecule has 1 heteroatoms. The highest BCUT2D eigenvalue weighted by molar-refractivity contribution is 5.76. The monoisotopic (exact) mass is 150 g/mol. The summed E-state index contributed by atoms with van der Waals surface area (Å²) in [7, 11) is 0. The molecule has 0 unspecified atom stereocenters. The summed E-state index contributed by atoms with van der Waals surface area (Å²) in [5, 5.41) is 0. The molecule has 1 rings (SSSR count). The molecule has 11 heavy (non-hydrogen) atoms. The lowest BCUT2D eigenvalue weighted by atomic mass is 10.0. The van der Waals surface area contributed by atoms with E-state index >= 15 is 0 Å². The Labute approximate surface area is 67.8 Å². The van der Waals surface area contributed by atoms with Gasteiger partial charge in [0.05, 0.1) is 0 Å². The van der Waals surface area contributed by atoms with E-state index in [1.165, 1.54) is 0 Å². The first kappa shape index (κ1) is 8.25. The minimum absolute atomic E-state index is 0.270. The van der Waals surface area contributed by atoms with Gasteiger partial charge in [0.25, 0.3) is 0 Å². The molecule has 0 aliphatic heterocycles. The van der Waals surface area contributed by atoms with Crippen molar-refractivity contribution in [2.24, 2.45) is 5.92 Å². The van der Waals surface area contributed by atoms with E-state index in [-0.39, 0.29) is 5.78 Å². The van der Waals surface area contributed by atoms with Gasteiger partial charge < -0.3 is 0 Å². The second kappa shape index (κ2) is 4.12. The first-order valence-corrected chi connectivity index (χ1v) is 4.12. The molecule has 0 saturated heterocycles. The second-order valence-corrected chi connectivity index (χ2v) is 3.00. The number of carbonyl (C=O) groups excluding carboxylic acids is 1. The smallest absolute Gasteiger partial charge is 0.130 e. The van der Waals surface area contributed by atoms with E-state index in [1.54, 1.807) is 6.92 Å². The molecule has 0 aromatic carbocycles. The maximum absolute atomic E-state index is 10.8. The first-order valence-electron chi connectivity index (χ1n) is 4.12. The van der Waals surface area contributed by atoms with Crippen LogP contribution in [0.15, 0.2) is 24.3 Å². The summed E-state index contributed by atoms with van der Waals surface area (Å²) in [5.74, 6) is 0.626. The highest BCUT2D eigenvalue weighted by Crippen LogP contribution is 2.13. The zero-order valence-corrected chi connectivity index (χ0v) is 6.92. The molecule has 1 nitrogen and oxygen atoms in total. The predicted molar refractivity (Wildman–Crippen MR) is 46.3 cm³/mol. The molecule has 0 heterocycles. The normalized spacial score (nSPS) is 18.3. The number of hydrogen-bond donors (Lipinski definition) is 0. The molecular weight excluding hydrogens is 136 g/mol. The number of ketones is 1. The van der Waals surface area contributed by atoms with Gasteiger partial charge in [-0.2, -0.15) is 0 Å². The number of Topliss-reactive ketones (excluding diaryl/α,β-unsaturated/α-hetero) is 1. The summed E-state index contributed by atoms with van der Waals surface area (Å²) >= 11 is 0. The van der Waals surface area contributed by atoms with Gasteiger partial charge >= 0.3 is 0 Å². The Morgan fingerprint density at radius 3 is 2.36 bits per heavy atom. The van der Waals surface area contributed by atoms with Crippen LogP contribution in [0.5, 0.6) is 0 Å². The summed E-state index contributed by atoms with van der Waals surface area (Å²) in [6.45, 7) is 1.65. The van der Waals surface area contributed by atoms with Gasteiger partial charge in [-0.25, -0.2) is 0 Å². The zero-order valence-electron chi connectivity index (χ0n) is 6.92. The molecule has 1 aliphatic carbocycles. The SMILES string of the molecule is CC(=O)CC1C=CCCC=C1. The lowest BCUT2D eigenvalue weighted by Crippen LogP contribution is -1.98. The number of carbonyl (C=O) groups is 1. The number of allylic oxidation sites excluding steroid dienone is 4. The van der Waals surface area contributed by atoms with Crippen LogP contribution < -0.4 is 0 Å². The van der Waals surface area contributed by atoms with Crippen LogP contribution in [0.1, 0.15) is 26.2 Å². The van der Waals surface area contributed by atoms with Crippen LogP contribution in [-0.2, 0) is 4.79 Å². The standard InChI is InChI=1S/C10H14O/c1-9(11)8-10-6-4-2-3-5-7-10/h4-7,10H,2-3,8H2,1H3. The Kier molecular flexibility index (Phi) is 3.09. The van der Waals surface area contributed by atoms with E-state index in [0.29, 0.717) is 12.3 Å². The minimum atomic E-state index is 0.270. The van der Waals surface area contributed by atoms with E-state index in [2.05, 4.69) is 24.3 Å². The van der Waals surface area contributed by atoms with Crippen LogP contribution >= 0.6 is 0 Å². The summed E-state index contributed by atoms with van der Waals surface area (Å²) < 4.78 is 0. The van der Waals surface area contributed by atoms with Gasteiger partial charge in [-0.3, -0.25) is 4.79 Å². The molecule has 0 spiro atoms. The third kappa shape index (κ3) is 3.17. The molecule has 0 atom stereocenters. The van der Waals surface area contributed by atoms with Gasteiger partial charge in [0, 0.05) is 12.3 Å². The molecule has 0 aromatic heterocycles. The molecule has 0 radical (unpaired) electrons. The lowest BCUT2D eigenvalue weighted by molar-refractivity contribution is -0.117. The van der Waals surface area contributed by atoms with Crippen LogP contribution in [0.4, 0.5) is 0 Å². The summed E-state index contributed by atoms with van der Waals surface area (Å²) in [6.07, 6.45) is 11.5. The Morgan fingerprint density at radius 2 is 1.91 bits per heavy atom. The molecule has 0 bridgehead atoms. The Bertz CT molecular complexity index is 175. The van der Waals surface area contributed by atoms with Crippen LogP contribution in [-0.4, -0.2) is 5.78 Å². The molecule has 1 aliphatic rings. The van der Waals surface area contributed by atoms with Crippen molar-refractivity contribution in [2.75, 3.05) is 0 Å². The number of hydrogen-bond acceptors (Lipinski definition) is 1. The van der Waals surface area contributed by atoms with E-state index in [0.717, 1.165) is 12.8 Å². The quantitative estimate of drug-likeness (QED) is 0.553. The third-order valence-corrected chi connectivity index (χ3v) is 1.79. The Balaban J connectivity index is 2.48. The van der Waals surface area contributed by atoms with Crippen molar-refractivity contribution in [1.82, 2.24) is 0 Å². The molecule has 0 amide bonds. The molecule has 0 N–H and O–H groups in total. The summed E-state index contributed by atoms with van der Waals surface area (Å²) in [6, 6.07) is 0. The highest BCUT2D eigenvalue weighted by atomic mass is 16.1. The predicted octanol–water partition coefficient (Wildman–Crippen LogP) is 2.49. The zero-order chi connectivity index (χ0) is 8.10. The van der Waals surface area contributed by atoms with Crippen LogP contribution in [0, 0.1) is 5.92 Å².